The van der Waals surface area contributed by atoms with Crippen molar-refractivity contribution >= 4 is 19.2 Å². The van der Waals surface area contributed by atoms with Gasteiger partial charge in [-0.3, -0.25) is 4.90 Å². The lowest BCUT2D eigenvalue weighted by Crippen LogP contribution is -2.63. The molecule has 2 N–H and O–H groups in total. The number of nitrogens with zero attached hydrogens (tertiary/aromatic N) is 1. The summed E-state index contributed by atoms with van der Waals surface area (Å²) in [5.74, 6) is -0.422. The van der Waals surface area contributed by atoms with E-state index in [9.17, 15) is 9.59 Å². The molecule has 2 aliphatic heterocycles. The minimum Gasteiger partial charge on any atom is -0.459 e. The van der Waals surface area contributed by atoms with Crippen molar-refractivity contribution in [1.29, 1.82) is 0 Å². The number of carbonyl (C=O) groups is 2. The zero-order valence-corrected chi connectivity index (χ0v) is 23.3. The van der Waals surface area contributed by atoms with E-state index in [4.69, 9.17) is 24.5 Å². The molecule has 0 aromatic heterocycles. The molecule has 1 unspecified atom stereocenters. The number of rotatable bonds is 11. The number of piperidine rings is 1. The highest BCUT2D eigenvalue weighted by Gasteiger charge is 2.52. The van der Waals surface area contributed by atoms with Gasteiger partial charge >= 0.3 is 19.2 Å². The third-order valence-electron chi connectivity index (χ3n) is 7.96. The van der Waals surface area contributed by atoms with Crippen LogP contribution in [0.3, 0.4) is 0 Å². The molecule has 37 heavy (non-hydrogen) atoms. The molecule has 2 aliphatic rings. The van der Waals surface area contributed by atoms with E-state index < -0.39 is 17.6 Å². The summed E-state index contributed by atoms with van der Waals surface area (Å²) < 4.78 is 23.6. The maximum Gasteiger partial charge on any atom is 0.457 e. The van der Waals surface area contributed by atoms with E-state index in [0.717, 1.165) is 24.8 Å². The van der Waals surface area contributed by atoms with Gasteiger partial charge < -0.3 is 24.5 Å². The van der Waals surface area contributed by atoms with Crippen molar-refractivity contribution in [3.8, 4) is 0 Å². The van der Waals surface area contributed by atoms with Crippen LogP contribution in [0.15, 0.2) is 30.3 Å². The second kappa shape index (κ2) is 12.6. The molecule has 2 heterocycles. The molecule has 0 radical (unpaired) electrons. The summed E-state index contributed by atoms with van der Waals surface area (Å²) in [7, 11) is -0.297. The Kier molecular flexibility index (Phi) is 10.1. The number of ether oxygens (including phenoxy) is 2. The molecule has 1 aromatic rings. The van der Waals surface area contributed by atoms with Crippen molar-refractivity contribution in [2.75, 3.05) is 13.2 Å². The lowest BCUT2D eigenvalue weighted by Gasteiger charge is -2.46. The summed E-state index contributed by atoms with van der Waals surface area (Å²) in [5.41, 5.74) is 5.35. The number of amides is 1. The number of benzene rings is 1. The summed E-state index contributed by atoms with van der Waals surface area (Å²) in [5, 5.41) is 0. The fourth-order valence-electron chi connectivity index (χ4n) is 5.00. The van der Waals surface area contributed by atoms with Crippen molar-refractivity contribution in [2.24, 2.45) is 5.73 Å². The Labute approximate surface area is 222 Å². The lowest BCUT2D eigenvalue weighted by molar-refractivity contribution is -0.162. The Hall–Kier alpha value is -2.10. The van der Waals surface area contributed by atoms with E-state index in [-0.39, 0.29) is 31.0 Å². The third kappa shape index (κ3) is 7.27. The Morgan fingerprint density at radius 3 is 2.38 bits per heavy atom. The molecule has 3 rings (SSSR count). The maximum atomic E-state index is 13.7. The molecular formula is C28H45BN2O6. The Bertz CT molecular complexity index is 880. The van der Waals surface area contributed by atoms with Gasteiger partial charge in [-0.05, 0) is 65.3 Å². The van der Waals surface area contributed by atoms with Gasteiger partial charge in [0.1, 0.15) is 12.1 Å². The first-order chi connectivity index (χ1) is 17.5. The molecule has 0 saturated carbocycles. The van der Waals surface area contributed by atoms with Gasteiger partial charge in [-0.15, -0.1) is 0 Å². The van der Waals surface area contributed by atoms with Crippen LogP contribution in [-0.2, 0) is 30.2 Å². The number of unbranched alkanes of at least 4 members (excludes halogenated alkanes) is 2. The Morgan fingerprint density at radius 1 is 1.05 bits per heavy atom. The van der Waals surface area contributed by atoms with Crippen LogP contribution >= 0.6 is 0 Å². The molecule has 2 atom stereocenters. The van der Waals surface area contributed by atoms with Crippen LogP contribution in [0.5, 0.6) is 0 Å². The largest absolute Gasteiger partial charge is 0.459 e. The van der Waals surface area contributed by atoms with Gasteiger partial charge in [0.05, 0.1) is 17.8 Å². The smallest absolute Gasteiger partial charge is 0.457 e. The summed E-state index contributed by atoms with van der Waals surface area (Å²) in [4.78, 5) is 28.5. The van der Waals surface area contributed by atoms with Gasteiger partial charge in [0.25, 0.3) is 0 Å². The van der Waals surface area contributed by atoms with Crippen LogP contribution in [0.2, 0.25) is 6.32 Å². The predicted octanol–water partition coefficient (Wildman–Crippen LogP) is 5.09. The maximum absolute atomic E-state index is 13.7. The number of hydrogen-bond donors (Lipinski definition) is 1. The molecule has 1 aromatic carbocycles. The predicted molar refractivity (Wildman–Crippen MR) is 144 cm³/mol. The minimum atomic E-state index is -1.16. The average molecular weight is 516 g/mol. The van der Waals surface area contributed by atoms with Gasteiger partial charge in [0.15, 0.2) is 0 Å². The van der Waals surface area contributed by atoms with E-state index >= 15 is 0 Å². The van der Waals surface area contributed by atoms with Crippen molar-refractivity contribution in [3.05, 3.63) is 35.9 Å². The van der Waals surface area contributed by atoms with Gasteiger partial charge in [-0.2, -0.15) is 0 Å². The average Bonchev–Trinajstić information content (AvgIpc) is 3.06. The normalized spacial score (nSPS) is 24.6. The van der Waals surface area contributed by atoms with Crippen molar-refractivity contribution in [1.82, 2.24) is 4.90 Å². The molecule has 2 fully saturated rings. The summed E-state index contributed by atoms with van der Waals surface area (Å²) in [6, 6.07) is 9.35. The fraction of sp³-hybridized carbons (Fsp3) is 0.714. The SMILES string of the molecule is CCCCOC(=O)N1CCC(N)C[C@]1(CCCCB1OC(C)(C)C(C)(C)O1)C(=O)OCc1ccccc1. The van der Waals surface area contributed by atoms with Crippen LogP contribution in [0, 0.1) is 0 Å². The van der Waals surface area contributed by atoms with E-state index in [0.29, 0.717) is 45.2 Å². The lowest BCUT2D eigenvalue weighted by atomic mass is 9.77. The number of esters is 1. The van der Waals surface area contributed by atoms with E-state index in [2.05, 4.69) is 0 Å². The van der Waals surface area contributed by atoms with E-state index in [1.807, 2.05) is 65.0 Å². The molecule has 8 nitrogen and oxygen atoms in total. The highest BCUT2D eigenvalue weighted by Crippen LogP contribution is 2.39. The summed E-state index contributed by atoms with van der Waals surface area (Å²) in [6.45, 7) is 11.0. The molecule has 0 aliphatic carbocycles. The van der Waals surface area contributed by atoms with Crippen LogP contribution < -0.4 is 5.73 Å². The Balaban J connectivity index is 1.72. The molecule has 0 spiro atoms. The molecule has 206 valence electrons. The van der Waals surface area contributed by atoms with Crippen molar-refractivity contribution < 1.29 is 28.4 Å². The second-order valence-corrected chi connectivity index (χ2v) is 11.4. The zero-order valence-electron chi connectivity index (χ0n) is 23.3. The van der Waals surface area contributed by atoms with Gasteiger partial charge in [0.2, 0.25) is 0 Å². The minimum absolute atomic E-state index is 0.142. The summed E-state index contributed by atoms with van der Waals surface area (Å²) >= 11 is 0. The van der Waals surface area contributed by atoms with Gasteiger partial charge in [-0.1, -0.05) is 56.5 Å². The third-order valence-corrected chi connectivity index (χ3v) is 7.96. The highest BCUT2D eigenvalue weighted by atomic mass is 16.7. The molecular weight excluding hydrogens is 471 g/mol. The Morgan fingerprint density at radius 2 is 1.73 bits per heavy atom. The van der Waals surface area contributed by atoms with E-state index in [1.54, 1.807) is 4.90 Å². The number of hydrogen-bond acceptors (Lipinski definition) is 7. The van der Waals surface area contributed by atoms with Gasteiger partial charge in [0, 0.05) is 12.6 Å². The monoisotopic (exact) mass is 516 g/mol. The van der Waals surface area contributed by atoms with Crippen LogP contribution in [-0.4, -0.2) is 60.0 Å². The number of carbonyl (C=O) groups excluding carboxylic acids is 2. The van der Waals surface area contributed by atoms with Crippen LogP contribution in [0.4, 0.5) is 4.79 Å². The molecule has 1 amide bonds. The first-order valence-corrected chi connectivity index (χ1v) is 13.8. The topological polar surface area (TPSA) is 100 Å². The highest BCUT2D eigenvalue weighted by molar-refractivity contribution is 6.45. The van der Waals surface area contributed by atoms with Crippen LogP contribution in [0.1, 0.15) is 85.1 Å². The summed E-state index contributed by atoms with van der Waals surface area (Å²) in [6.07, 6.45) is 4.80. The first kappa shape index (κ1) is 29.5. The fourth-order valence-corrected chi connectivity index (χ4v) is 5.00. The second-order valence-electron chi connectivity index (χ2n) is 11.4. The zero-order chi connectivity index (χ0) is 27.1. The molecule has 0 bridgehead atoms. The van der Waals surface area contributed by atoms with E-state index in [1.165, 1.54) is 0 Å². The van der Waals surface area contributed by atoms with Crippen LogP contribution in [0.25, 0.3) is 0 Å². The standard InChI is InChI=1S/C28H45BN2O6/c1-6-7-19-34-25(33)31-18-15-23(30)20-28(31,24(32)35-21-22-13-9-8-10-14-22)16-11-12-17-29-36-26(2,3)27(4,5)37-29/h8-10,13-14,23H,6-7,11-12,15-21,30H2,1-5H3/t23?,28-/m1/s1. The number of nitrogens with two attached hydrogens (primary N) is 1. The van der Waals surface area contributed by atoms with Crippen molar-refractivity contribution in [3.63, 3.8) is 0 Å². The number of likely N-dealkylation sites (tertiary alicyclic amines) is 1. The molecule has 2 saturated heterocycles. The quantitative estimate of drug-likeness (QED) is 0.248. The van der Waals surface area contributed by atoms with Gasteiger partial charge in [-0.25, -0.2) is 9.59 Å². The molecule has 9 heteroatoms. The van der Waals surface area contributed by atoms with Crippen molar-refractivity contribution in [2.45, 2.75) is 115 Å². The first-order valence-electron chi connectivity index (χ1n) is 13.8.